The number of hydrogen-bond acceptors (Lipinski definition) is 1. The highest BCUT2D eigenvalue weighted by Crippen LogP contribution is 2.08. The van der Waals surface area contributed by atoms with Crippen LogP contribution in [0, 0.1) is 13.8 Å². The summed E-state index contributed by atoms with van der Waals surface area (Å²) in [7, 11) is 0. The lowest BCUT2D eigenvalue weighted by Crippen LogP contribution is -2.64. The molecule has 0 aliphatic rings. The van der Waals surface area contributed by atoms with E-state index < -0.39 is 0 Å². The fourth-order valence-electron chi connectivity index (χ4n) is 1.23. The Bertz CT molecular complexity index is 355. The molecule has 4 heteroatoms. The number of aryl methyl sites for hydroxylation is 2. The number of rotatable bonds is 2. The van der Waals surface area contributed by atoms with E-state index in [9.17, 15) is 0 Å². The van der Waals surface area contributed by atoms with Crippen molar-refractivity contribution in [2.75, 3.05) is 0 Å². The van der Waals surface area contributed by atoms with Crippen molar-refractivity contribution in [1.29, 1.82) is 0 Å². The van der Waals surface area contributed by atoms with E-state index in [4.69, 9.17) is 11.5 Å². The van der Waals surface area contributed by atoms with E-state index >= 15 is 0 Å². The molecule has 14 heavy (non-hydrogen) atoms. The molecule has 0 bridgehead atoms. The summed E-state index contributed by atoms with van der Waals surface area (Å²) in [5.74, 6) is 0.0208. The molecule has 0 aliphatic heterocycles. The summed E-state index contributed by atoms with van der Waals surface area (Å²) >= 11 is 0. The van der Waals surface area contributed by atoms with Crippen LogP contribution >= 0.6 is 0 Å². The second-order valence-electron chi connectivity index (χ2n) is 3.12. The maximum Gasteiger partial charge on any atom is 0.256 e. The lowest BCUT2D eigenvalue weighted by molar-refractivity contribution is -0.456. The molecule has 74 valence electrons. The van der Waals surface area contributed by atoms with Gasteiger partial charge in [-0.05, 0) is 25.0 Å². The smallest absolute Gasteiger partial charge is 0.256 e. The van der Waals surface area contributed by atoms with Gasteiger partial charge in [0.05, 0.1) is 0 Å². The number of nitrogens with zero attached hydrogens (tertiary/aromatic N) is 1. The third-order valence-electron chi connectivity index (χ3n) is 1.94. The minimum atomic E-state index is 0.0208. The van der Waals surface area contributed by atoms with Gasteiger partial charge in [0.25, 0.3) is 5.96 Å². The van der Waals surface area contributed by atoms with Gasteiger partial charge >= 0.3 is 0 Å². The Morgan fingerprint density at radius 2 is 1.86 bits per heavy atom. The normalized spacial score (nSPS) is 10.4. The monoisotopic (exact) mass is 191 g/mol. The second kappa shape index (κ2) is 4.41. The van der Waals surface area contributed by atoms with Crippen LogP contribution in [0.25, 0.3) is 0 Å². The molecule has 5 N–H and O–H groups in total. The number of benzene rings is 1. The van der Waals surface area contributed by atoms with Crippen LogP contribution in [-0.4, -0.2) is 12.2 Å². The Hall–Kier alpha value is -1.84. The summed E-state index contributed by atoms with van der Waals surface area (Å²) in [5, 5.41) is 6.36. The fraction of sp³-hybridized carbons (Fsp3) is 0.200. The first-order chi connectivity index (χ1) is 6.61. The average molecular weight is 191 g/mol. The minimum Gasteiger partial charge on any atom is -0.365 e. The van der Waals surface area contributed by atoms with Crippen LogP contribution in [0.3, 0.4) is 0 Å². The van der Waals surface area contributed by atoms with Crippen molar-refractivity contribution in [3.05, 3.63) is 34.9 Å². The molecule has 0 fully saturated rings. The molecule has 1 aromatic rings. The van der Waals surface area contributed by atoms with Crippen LogP contribution in [-0.2, 0) is 0 Å². The maximum atomic E-state index is 5.18. The van der Waals surface area contributed by atoms with Crippen molar-refractivity contribution in [3.63, 3.8) is 0 Å². The molecule has 0 heterocycles. The van der Waals surface area contributed by atoms with Gasteiger partial charge in [0.1, 0.15) is 0 Å². The van der Waals surface area contributed by atoms with Crippen LogP contribution in [0.2, 0.25) is 0 Å². The van der Waals surface area contributed by atoms with Gasteiger partial charge in [-0.2, -0.15) is 0 Å². The molecule has 1 aromatic carbocycles. The van der Waals surface area contributed by atoms with E-state index in [0.29, 0.717) is 0 Å². The first-order valence-corrected chi connectivity index (χ1v) is 4.35. The zero-order chi connectivity index (χ0) is 10.6. The lowest BCUT2D eigenvalue weighted by atomic mass is 10.0. The SMILES string of the molecule is Cc1cccc(C)c1C=[NH+]N=C(N)N. The Kier molecular flexibility index (Phi) is 3.23. The van der Waals surface area contributed by atoms with Crippen LogP contribution in [0.4, 0.5) is 0 Å². The molecule has 0 atom stereocenters. The molecule has 1 rings (SSSR count). The van der Waals surface area contributed by atoms with Crippen molar-refractivity contribution in [1.82, 2.24) is 0 Å². The second-order valence-corrected chi connectivity index (χ2v) is 3.12. The topological polar surface area (TPSA) is 78.4 Å². The van der Waals surface area contributed by atoms with Gasteiger partial charge < -0.3 is 11.5 Å². The summed E-state index contributed by atoms with van der Waals surface area (Å²) in [6.45, 7) is 4.08. The van der Waals surface area contributed by atoms with Crippen molar-refractivity contribution >= 4 is 12.2 Å². The zero-order valence-corrected chi connectivity index (χ0v) is 8.41. The van der Waals surface area contributed by atoms with Crippen LogP contribution in [0.1, 0.15) is 16.7 Å². The number of nitrogens with two attached hydrogens (primary N) is 2. The fourth-order valence-corrected chi connectivity index (χ4v) is 1.23. The predicted molar refractivity (Wildman–Crippen MR) is 57.9 cm³/mol. The molecule has 0 amide bonds. The Morgan fingerprint density at radius 1 is 1.29 bits per heavy atom. The highest BCUT2D eigenvalue weighted by atomic mass is 15.3. The van der Waals surface area contributed by atoms with Crippen molar-refractivity contribution in [2.24, 2.45) is 16.6 Å². The standard InChI is InChI=1S/C10H14N4/c1-7-4-3-5-8(2)9(7)6-13-14-10(11)12/h3-6H,1-2H3,(H4,11,12,14)/p+1. The largest absolute Gasteiger partial charge is 0.365 e. The third-order valence-corrected chi connectivity index (χ3v) is 1.94. The van der Waals surface area contributed by atoms with Gasteiger partial charge in [-0.1, -0.05) is 18.2 Å². The molecule has 0 saturated heterocycles. The minimum absolute atomic E-state index is 0.0208. The van der Waals surface area contributed by atoms with Gasteiger partial charge in [0.15, 0.2) is 0 Å². The van der Waals surface area contributed by atoms with Gasteiger partial charge in [-0.15, -0.1) is 5.10 Å². The highest BCUT2D eigenvalue weighted by Gasteiger charge is 2.00. The molecule has 0 aliphatic carbocycles. The van der Waals surface area contributed by atoms with E-state index in [1.54, 1.807) is 6.21 Å². The summed E-state index contributed by atoms with van der Waals surface area (Å²) < 4.78 is 0. The van der Waals surface area contributed by atoms with E-state index in [1.165, 1.54) is 11.1 Å². The van der Waals surface area contributed by atoms with Crippen LogP contribution in [0.5, 0.6) is 0 Å². The maximum absolute atomic E-state index is 5.18. The van der Waals surface area contributed by atoms with Crippen molar-refractivity contribution < 1.29 is 5.10 Å². The molecule has 0 unspecified atom stereocenters. The molecule has 0 radical (unpaired) electrons. The molecule has 0 aromatic heterocycles. The molecule has 4 nitrogen and oxygen atoms in total. The number of hydrazone groups is 1. The quantitative estimate of drug-likeness (QED) is 0.318. The predicted octanol–water partition coefficient (Wildman–Crippen LogP) is -1.01. The number of hydrogen-bond donors (Lipinski definition) is 3. The molecular weight excluding hydrogens is 176 g/mol. The van der Waals surface area contributed by atoms with Gasteiger partial charge in [0, 0.05) is 10.7 Å². The van der Waals surface area contributed by atoms with Crippen LogP contribution in [0.15, 0.2) is 23.3 Å². The number of guanidine groups is 1. The lowest BCUT2D eigenvalue weighted by Gasteiger charge is -1.99. The highest BCUT2D eigenvalue weighted by molar-refractivity contribution is 5.80. The van der Waals surface area contributed by atoms with E-state index in [-0.39, 0.29) is 5.96 Å². The zero-order valence-electron chi connectivity index (χ0n) is 8.41. The summed E-state index contributed by atoms with van der Waals surface area (Å²) in [6.07, 6.45) is 1.78. The van der Waals surface area contributed by atoms with E-state index in [0.717, 1.165) is 5.56 Å². The van der Waals surface area contributed by atoms with E-state index in [1.807, 2.05) is 32.0 Å². The van der Waals surface area contributed by atoms with E-state index in [2.05, 4.69) is 10.2 Å². The van der Waals surface area contributed by atoms with Crippen molar-refractivity contribution in [3.8, 4) is 0 Å². The Morgan fingerprint density at radius 3 is 2.36 bits per heavy atom. The van der Waals surface area contributed by atoms with Gasteiger partial charge in [-0.3, -0.25) is 0 Å². The van der Waals surface area contributed by atoms with Gasteiger partial charge in [-0.25, -0.2) is 0 Å². The summed E-state index contributed by atoms with van der Waals surface area (Å²) in [5.41, 5.74) is 13.8. The molecule has 0 saturated carbocycles. The third kappa shape index (κ3) is 2.58. The molecular formula is C10H15N4+. The summed E-state index contributed by atoms with van der Waals surface area (Å²) in [6, 6.07) is 6.09. The Balaban J connectivity index is 2.97. The molecule has 0 spiro atoms. The first-order valence-electron chi connectivity index (χ1n) is 4.35. The average Bonchev–Trinajstić information content (AvgIpc) is 2.09. The Labute approximate surface area is 83.3 Å². The van der Waals surface area contributed by atoms with Crippen LogP contribution < -0.4 is 16.6 Å². The van der Waals surface area contributed by atoms with Gasteiger partial charge in [0.2, 0.25) is 6.21 Å². The first kappa shape index (κ1) is 10.2. The summed E-state index contributed by atoms with van der Waals surface area (Å²) in [4.78, 5) is 0. The van der Waals surface area contributed by atoms with Crippen molar-refractivity contribution in [2.45, 2.75) is 13.8 Å². The number of nitrogens with one attached hydrogen (secondary N) is 1.